The van der Waals surface area contributed by atoms with Crippen molar-refractivity contribution in [3.63, 3.8) is 0 Å². The van der Waals surface area contributed by atoms with Crippen molar-refractivity contribution in [1.29, 1.82) is 0 Å². The first-order valence-electron chi connectivity index (χ1n) is 6.49. The Balaban J connectivity index is 2.16. The van der Waals surface area contributed by atoms with Gasteiger partial charge in [-0.1, -0.05) is 11.6 Å². The monoisotopic (exact) mass is 301 g/mol. The summed E-state index contributed by atoms with van der Waals surface area (Å²) in [6, 6.07) is 4.78. The van der Waals surface area contributed by atoms with E-state index in [1.165, 1.54) is 12.1 Å². The molecule has 19 heavy (non-hydrogen) atoms. The summed E-state index contributed by atoms with van der Waals surface area (Å²) in [5.41, 5.74) is 0.283. The summed E-state index contributed by atoms with van der Waals surface area (Å²) >= 11 is 11.6. The summed E-state index contributed by atoms with van der Waals surface area (Å²) in [5.74, 6) is 0.454. The first-order chi connectivity index (χ1) is 9.13. The number of likely N-dealkylation sites (tertiary alicyclic amines) is 1. The zero-order valence-corrected chi connectivity index (χ0v) is 12.1. The lowest BCUT2D eigenvalue weighted by Crippen LogP contribution is -2.35. The van der Waals surface area contributed by atoms with Crippen LogP contribution in [0.15, 0.2) is 18.2 Å². The fraction of sp³-hybridized carbons (Fsp3) is 0.500. The topological polar surface area (TPSA) is 40.5 Å². The van der Waals surface area contributed by atoms with Gasteiger partial charge in [0.2, 0.25) is 0 Å². The smallest absolute Gasteiger partial charge is 0.257 e. The molecule has 1 unspecified atom stereocenters. The number of amides is 1. The normalized spacial score (nSPS) is 18.8. The minimum absolute atomic E-state index is 0.0163. The predicted octanol–water partition coefficient (Wildman–Crippen LogP) is 3.67. The van der Waals surface area contributed by atoms with Crippen LogP contribution in [0.25, 0.3) is 0 Å². The molecular weight excluding hydrogens is 285 g/mol. The van der Waals surface area contributed by atoms with Crippen LogP contribution in [0.1, 0.15) is 36.0 Å². The molecule has 104 valence electrons. The van der Waals surface area contributed by atoms with E-state index in [2.05, 4.69) is 0 Å². The molecule has 5 heteroatoms. The highest BCUT2D eigenvalue weighted by Crippen LogP contribution is 2.28. The van der Waals surface area contributed by atoms with Crippen LogP contribution in [0.5, 0.6) is 5.75 Å². The molecule has 1 aromatic rings. The third kappa shape index (κ3) is 3.34. The molecule has 1 atom stereocenters. The first kappa shape index (κ1) is 14.5. The van der Waals surface area contributed by atoms with E-state index in [-0.39, 0.29) is 23.3 Å². The highest BCUT2D eigenvalue weighted by atomic mass is 35.5. The van der Waals surface area contributed by atoms with E-state index in [9.17, 15) is 9.90 Å². The fourth-order valence-corrected chi connectivity index (χ4v) is 2.88. The highest BCUT2D eigenvalue weighted by molar-refractivity contribution is 6.31. The van der Waals surface area contributed by atoms with Crippen LogP contribution in [0.3, 0.4) is 0 Å². The van der Waals surface area contributed by atoms with Gasteiger partial charge in [-0.3, -0.25) is 4.79 Å². The Labute approximate surface area is 123 Å². The van der Waals surface area contributed by atoms with E-state index in [0.29, 0.717) is 10.9 Å². The summed E-state index contributed by atoms with van der Waals surface area (Å²) in [6.45, 7) is 0.734. The molecule has 0 aliphatic carbocycles. The van der Waals surface area contributed by atoms with Crippen LogP contribution >= 0.6 is 23.2 Å². The van der Waals surface area contributed by atoms with Gasteiger partial charge in [0, 0.05) is 23.5 Å². The van der Waals surface area contributed by atoms with Crippen molar-refractivity contribution in [2.75, 3.05) is 12.4 Å². The Hall–Kier alpha value is -0.930. The summed E-state index contributed by atoms with van der Waals surface area (Å²) in [7, 11) is 0. The van der Waals surface area contributed by atoms with E-state index in [1.54, 1.807) is 6.07 Å². The van der Waals surface area contributed by atoms with Crippen molar-refractivity contribution in [1.82, 2.24) is 4.90 Å². The zero-order chi connectivity index (χ0) is 13.8. The lowest BCUT2D eigenvalue weighted by atomic mass is 10.1. The maximum absolute atomic E-state index is 12.5. The molecule has 3 nitrogen and oxygen atoms in total. The number of nitrogens with zero attached hydrogens (tertiary/aromatic N) is 1. The third-order valence-corrected chi connectivity index (χ3v) is 4.00. The number of aromatic hydroxyl groups is 1. The van der Waals surface area contributed by atoms with Gasteiger partial charge in [-0.2, -0.15) is 0 Å². The summed E-state index contributed by atoms with van der Waals surface area (Å²) < 4.78 is 0. The molecule has 1 N–H and O–H groups in total. The van der Waals surface area contributed by atoms with E-state index >= 15 is 0 Å². The average Bonchev–Trinajstić information content (AvgIpc) is 2.86. The minimum Gasteiger partial charge on any atom is -0.507 e. The first-order valence-corrected chi connectivity index (χ1v) is 7.40. The summed E-state index contributed by atoms with van der Waals surface area (Å²) in [5, 5.41) is 10.3. The Kier molecular flexibility index (Phi) is 4.94. The zero-order valence-electron chi connectivity index (χ0n) is 10.6. The number of hydrogen-bond acceptors (Lipinski definition) is 2. The number of phenols is 1. The molecule has 1 amide bonds. The van der Waals surface area contributed by atoms with Crippen LogP contribution in [0.2, 0.25) is 5.02 Å². The summed E-state index contributed by atoms with van der Waals surface area (Å²) in [4.78, 5) is 14.3. The van der Waals surface area contributed by atoms with Crippen LogP contribution in [-0.2, 0) is 0 Å². The van der Waals surface area contributed by atoms with Crippen molar-refractivity contribution in [2.45, 2.75) is 31.7 Å². The maximum atomic E-state index is 12.5. The Morgan fingerprint density at radius 3 is 3.00 bits per heavy atom. The van der Waals surface area contributed by atoms with Gasteiger partial charge in [-0.05, 0) is 43.9 Å². The van der Waals surface area contributed by atoms with Crippen molar-refractivity contribution >= 4 is 29.1 Å². The second-order valence-electron chi connectivity index (χ2n) is 4.79. The molecule has 1 aliphatic rings. The van der Waals surface area contributed by atoms with Crippen molar-refractivity contribution in [3.8, 4) is 5.75 Å². The van der Waals surface area contributed by atoms with Gasteiger partial charge in [0.25, 0.3) is 5.91 Å². The van der Waals surface area contributed by atoms with Crippen molar-refractivity contribution in [2.24, 2.45) is 0 Å². The van der Waals surface area contributed by atoms with Gasteiger partial charge in [0.1, 0.15) is 5.75 Å². The second kappa shape index (κ2) is 6.49. The summed E-state index contributed by atoms with van der Waals surface area (Å²) in [6.07, 6.45) is 3.82. The predicted molar refractivity (Wildman–Crippen MR) is 77.1 cm³/mol. The molecule has 1 fully saturated rings. The molecule has 2 rings (SSSR count). The molecule has 1 heterocycles. The van der Waals surface area contributed by atoms with Gasteiger partial charge < -0.3 is 10.0 Å². The molecule has 0 saturated carbocycles. The second-order valence-corrected chi connectivity index (χ2v) is 5.60. The molecule has 0 spiro atoms. The van der Waals surface area contributed by atoms with Crippen LogP contribution in [-0.4, -0.2) is 34.4 Å². The lowest BCUT2D eigenvalue weighted by Gasteiger charge is -2.25. The van der Waals surface area contributed by atoms with Gasteiger partial charge in [0.15, 0.2) is 0 Å². The number of phenolic OH excluding ortho intramolecular Hbond substituents is 1. The number of benzene rings is 1. The molecule has 1 saturated heterocycles. The molecule has 0 radical (unpaired) electrons. The minimum atomic E-state index is -0.142. The van der Waals surface area contributed by atoms with Crippen molar-refractivity contribution in [3.05, 3.63) is 28.8 Å². The number of rotatable bonds is 4. The van der Waals surface area contributed by atoms with Gasteiger partial charge >= 0.3 is 0 Å². The molecular formula is C14H17Cl2NO2. The number of carbonyl (C=O) groups excluding carboxylic acids is 1. The Bertz CT molecular complexity index is 465. The number of alkyl halides is 1. The number of hydrogen-bond donors (Lipinski definition) is 1. The third-order valence-electron chi connectivity index (χ3n) is 3.50. The maximum Gasteiger partial charge on any atom is 0.257 e. The lowest BCUT2D eigenvalue weighted by molar-refractivity contribution is 0.0727. The van der Waals surface area contributed by atoms with Gasteiger partial charge in [-0.15, -0.1) is 11.6 Å². The van der Waals surface area contributed by atoms with E-state index in [0.717, 1.165) is 32.2 Å². The SMILES string of the molecule is O=C(c1cc(Cl)ccc1O)N1CCCC1CCCCl. The molecule has 0 bridgehead atoms. The molecule has 0 aromatic heterocycles. The molecule has 1 aliphatic heterocycles. The Morgan fingerprint density at radius 2 is 2.26 bits per heavy atom. The van der Waals surface area contributed by atoms with Gasteiger partial charge in [0.05, 0.1) is 5.56 Å². The highest BCUT2D eigenvalue weighted by Gasteiger charge is 2.30. The standard InChI is InChI=1S/C14H17Cl2NO2/c15-7-1-3-11-4-2-8-17(11)14(19)12-9-10(16)5-6-13(12)18/h5-6,9,11,18H,1-4,7-8H2. The van der Waals surface area contributed by atoms with Crippen molar-refractivity contribution < 1.29 is 9.90 Å². The van der Waals surface area contributed by atoms with E-state index in [4.69, 9.17) is 23.2 Å². The van der Waals surface area contributed by atoms with Crippen LogP contribution in [0, 0.1) is 0 Å². The number of carbonyl (C=O) groups is 1. The Morgan fingerprint density at radius 1 is 1.47 bits per heavy atom. The van der Waals surface area contributed by atoms with Crippen LogP contribution in [0.4, 0.5) is 0 Å². The molecule has 1 aromatic carbocycles. The van der Waals surface area contributed by atoms with E-state index in [1.807, 2.05) is 4.90 Å². The fourth-order valence-electron chi connectivity index (χ4n) is 2.55. The van der Waals surface area contributed by atoms with Crippen LogP contribution < -0.4 is 0 Å². The largest absolute Gasteiger partial charge is 0.507 e. The number of halogens is 2. The van der Waals surface area contributed by atoms with Gasteiger partial charge in [-0.25, -0.2) is 0 Å². The van der Waals surface area contributed by atoms with E-state index < -0.39 is 0 Å². The average molecular weight is 302 g/mol. The quantitative estimate of drug-likeness (QED) is 0.862.